The average molecular weight is 628 g/mol. The highest BCUT2D eigenvalue weighted by Crippen LogP contribution is 2.23. The zero-order chi connectivity index (χ0) is 32.1. The minimum Gasteiger partial charge on any atom is -0.489 e. The Bertz CT molecular complexity index is 1820. The summed E-state index contributed by atoms with van der Waals surface area (Å²) in [7, 11) is 0. The van der Waals surface area contributed by atoms with Gasteiger partial charge in [-0.25, -0.2) is 0 Å². The van der Waals surface area contributed by atoms with E-state index in [0.717, 1.165) is 21.7 Å². The van der Waals surface area contributed by atoms with Crippen molar-refractivity contribution in [3.63, 3.8) is 0 Å². The fraction of sp³-hybridized carbons (Fsp3) is 0.0789. The van der Waals surface area contributed by atoms with Gasteiger partial charge >= 0.3 is 0 Å². The first kappa shape index (κ1) is 31.8. The molecule has 0 aromatic heterocycles. The van der Waals surface area contributed by atoms with E-state index >= 15 is 0 Å². The van der Waals surface area contributed by atoms with Gasteiger partial charge in [0.05, 0.1) is 5.75 Å². The third kappa shape index (κ3) is 9.45. The predicted octanol–water partition coefficient (Wildman–Crippen LogP) is 7.71. The van der Waals surface area contributed by atoms with Crippen molar-refractivity contribution in [3.8, 4) is 5.75 Å². The molecule has 7 nitrogen and oxygen atoms in total. The van der Waals surface area contributed by atoms with Gasteiger partial charge in [0.15, 0.2) is 0 Å². The van der Waals surface area contributed by atoms with Gasteiger partial charge < -0.3 is 20.7 Å². The van der Waals surface area contributed by atoms with E-state index in [1.165, 1.54) is 11.8 Å². The van der Waals surface area contributed by atoms with E-state index in [4.69, 9.17) is 4.74 Å². The second kappa shape index (κ2) is 15.9. The van der Waals surface area contributed by atoms with Gasteiger partial charge in [0.2, 0.25) is 5.91 Å². The van der Waals surface area contributed by atoms with E-state index in [-0.39, 0.29) is 17.4 Å². The van der Waals surface area contributed by atoms with Crippen LogP contribution in [0.25, 0.3) is 6.08 Å². The van der Waals surface area contributed by atoms with Gasteiger partial charge in [-0.15, -0.1) is 11.8 Å². The number of amides is 3. The zero-order valence-electron chi connectivity index (χ0n) is 25.2. The molecule has 0 fully saturated rings. The third-order valence-electron chi connectivity index (χ3n) is 6.85. The van der Waals surface area contributed by atoms with Crippen molar-refractivity contribution in [2.24, 2.45) is 0 Å². The number of hydrogen-bond donors (Lipinski definition) is 3. The number of aryl methyl sites for hydroxylation is 1. The van der Waals surface area contributed by atoms with Crippen molar-refractivity contribution >= 4 is 46.9 Å². The summed E-state index contributed by atoms with van der Waals surface area (Å²) in [6.45, 7) is 2.38. The molecule has 0 aliphatic carbocycles. The van der Waals surface area contributed by atoms with Gasteiger partial charge in [-0.1, -0.05) is 84.9 Å². The first-order valence-electron chi connectivity index (χ1n) is 14.7. The molecule has 0 aliphatic heterocycles. The van der Waals surface area contributed by atoms with Crippen molar-refractivity contribution in [1.29, 1.82) is 0 Å². The standard InChI is InChI=1S/C38H33N3O4S/c1-27-11-8-9-18-34(27)40-36(42)26-46-33-17-10-16-31(24-33)39-38(44)35(41-37(43)30-14-6-3-7-15-30)23-28-19-21-32(22-20-28)45-25-29-12-4-2-5-13-29/h2-24H,25-26H2,1H3,(H,39,44)(H,40,42)(H,41,43)/b35-23-. The molecular weight excluding hydrogens is 595 g/mol. The van der Waals surface area contributed by atoms with Crippen LogP contribution in [-0.2, 0) is 16.2 Å². The highest BCUT2D eigenvalue weighted by molar-refractivity contribution is 8.00. The number of anilines is 2. The number of carbonyl (C=O) groups excluding carboxylic acids is 3. The Morgan fingerprint density at radius 3 is 2.17 bits per heavy atom. The molecule has 0 saturated heterocycles. The molecule has 230 valence electrons. The van der Waals surface area contributed by atoms with Gasteiger partial charge in [-0.3, -0.25) is 14.4 Å². The van der Waals surface area contributed by atoms with Crippen molar-refractivity contribution in [2.45, 2.75) is 18.4 Å². The molecule has 8 heteroatoms. The average Bonchev–Trinajstić information content (AvgIpc) is 3.09. The molecule has 0 saturated carbocycles. The first-order valence-corrected chi connectivity index (χ1v) is 15.7. The molecule has 0 radical (unpaired) electrons. The molecule has 3 amide bonds. The molecular formula is C38H33N3O4S. The van der Waals surface area contributed by atoms with Gasteiger partial charge in [0.25, 0.3) is 11.8 Å². The van der Waals surface area contributed by atoms with E-state index < -0.39 is 11.8 Å². The maximum absolute atomic E-state index is 13.5. The SMILES string of the molecule is Cc1ccccc1NC(=O)CSc1cccc(NC(=O)/C(=C/c2ccc(OCc3ccccc3)cc2)NC(=O)c2ccccc2)c1. The lowest BCUT2D eigenvalue weighted by atomic mass is 10.1. The van der Waals surface area contributed by atoms with Crippen LogP contribution in [0.4, 0.5) is 11.4 Å². The molecule has 5 aromatic rings. The van der Waals surface area contributed by atoms with E-state index in [1.54, 1.807) is 48.5 Å². The number of para-hydroxylation sites is 1. The maximum atomic E-state index is 13.5. The first-order chi connectivity index (χ1) is 22.4. The largest absolute Gasteiger partial charge is 0.489 e. The summed E-state index contributed by atoms with van der Waals surface area (Å²) < 4.78 is 5.88. The number of carbonyl (C=O) groups is 3. The fourth-order valence-corrected chi connectivity index (χ4v) is 5.18. The normalized spacial score (nSPS) is 10.9. The predicted molar refractivity (Wildman–Crippen MR) is 185 cm³/mol. The summed E-state index contributed by atoms with van der Waals surface area (Å²) in [5.74, 6) is -0.141. The minimum absolute atomic E-state index is 0.0717. The molecule has 0 aliphatic rings. The Labute approximate surface area is 272 Å². The van der Waals surface area contributed by atoms with E-state index in [1.807, 2.05) is 97.9 Å². The summed E-state index contributed by atoms with van der Waals surface area (Å²) >= 11 is 1.36. The Balaban J connectivity index is 1.27. The van der Waals surface area contributed by atoms with Crippen LogP contribution in [0.1, 0.15) is 27.0 Å². The van der Waals surface area contributed by atoms with Gasteiger partial charge in [-0.05, 0) is 78.2 Å². The number of ether oxygens (including phenoxy) is 1. The van der Waals surface area contributed by atoms with Crippen LogP contribution in [0, 0.1) is 6.92 Å². The number of benzene rings is 5. The Morgan fingerprint density at radius 1 is 0.739 bits per heavy atom. The van der Waals surface area contributed by atoms with Crippen LogP contribution in [0.15, 0.2) is 144 Å². The number of thioether (sulfide) groups is 1. The van der Waals surface area contributed by atoms with Crippen molar-refractivity contribution in [3.05, 3.63) is 161 Å². The monoisotopic (exact) mass is 627 g/mol. The summed E-state index contributed by atoms with van der Waals surface area (Å²) in [6, 6.07) is 40.7. The Kier molecular flexibility index (Phi) is 11.0. The molecule has 46 heavy (non-hydrogen) atoms. The molecule has 0 heterocycles. The summed E-state index contributed by atoms with van der Waals surface area (Å²) in [5.41, 5.74) is 4.55. The van der Waals surface area contributed by atoms with Gasteiger partial charge in [0.1, 0.15) is 18.1 Å². The number of rotatable bonds is 12. The molecule has 0 bridgehead atoms. The van der Waals surface area contributed by atoms with Crippen molar-refractivity contribution in [2.75, 3.05) is 16.4 Å². The van der Waals surface area contributed by atoms with Crippen molar-refractivity contribution < 1.29 is 19.1 Å². The molecule has 3 N–H and O–H groups in total. The quantitative estimate of drug-likeness (QED) is 0.0973. The van der Waals surface area contributed by atoms with Crippen LogP contribution in [0.5, 0.6) is 5.75 Å². The molecule has 0 spiro atoms. The lowest BCUT2D eigenvalue weighted by Gasteiger charge is -2.13. The Morgan fingerprint density at radius 2 is 1.43 bits per heavy atom. The molecule has 5 aromatic carbocycles. The smallest absolute Gasteiger partial charge is 0.272 e. The maximum Gasteiger partial charge on any atom is 0.272 e. The number of hydrogen-bond acceptors (Lipinski definition) is 5. The summed E-state index contributed by atoms with van der Waals surface area (Å²) in [4.78, 5) is 39.9. The van der Waals surface area contributed by atoms with Crippen LogP contribution >= 0.6 is 11.8 Å². The summed E-state index contributed by atoms with van der Waals surface area (Å²) in [5, 5.41) is 8.58. The highest BCUT2D eigenvalue weighted by Gasteiger charge is 2.16. The van der Waals surface area contributed by atoms with Crippen LogP contribution in [-0.4, -0.2) is 23.5 Å². The van der Waals surface area contributed by atoms with Crippen LogP contribution in [0.2, 0.25) is 0 Å². The third-order valence-corrected chi connectivity index (χ3v) is 7.84. The second-order valence-corrected chi connectivity index (χ2v) is 11.4. The Hall–Kier alpha value is -5.60. The number of nitrogens with one attached hydrogen (secondary N) is 3. The molecule has 5 rings (SSSR count). The second-order valence-electron chi connectivity index (χ2n) is 10.4. The zero-order valence-corrected chi connectivity index (χ0v) is 26.1. The minimum atomic E-state index is -0.492. The highest BCUT2D eigenvalue weighted by atomic mass is 32.2. The van der Waals surface area contributed by atoms with Crippen LogP contribution in [0.3, 0.4) is 0 Å². The van der Waals surface area contributed by atoms with E-state index in [0.29, 0.717) is 29.2 Å². The topological polar surface area (TPSA) is 96.5 Å². The van der Waals surface area contributed by atoms with Gasteiger partial charge in [-0.2, -0.15) is 0 Å². The summed E-state index contributed by atoms with van der Waals surface area (Å²) in [6.07, 6.45) is 1.62. The lowest BCUT2D eigenvalue weighted by Crippen LogP contribution is -2.30. The van der Waals surface area contributed by atoms with Crippen molar-refractivity contribution in [1.82, 2.24) is 5.32 Å². The lowest BCUT2D eigenvalue weighted by molar-refractivity contribution is -0.114. The van der Waals surface area contributed by atoms with Crippen LogP contribution < -0.4 is 20.7 Å². The van der Waals surface area contributed by atoms with E-state index in [9.17, 15) is 14.4 Å². The van der Waals surface area contributed by atoms with Gasteiger partial charge in [0, 0.05) is 21.8 Å². The fourth-order valence-electron chi connectivity index (χ4n) is 4.42. The molecule has 0 atom stereocenters. The molecule has 0 unspecified atom stereocenters. The van der Waals surface area contributed by atoms with E-state index in [2.05, 4.69) is 16.0 Å².